The van der Waals surface area contributed by atoms with Gasteiger partial charge in [-0.15, -0.1) is 11.3 Å². The molecule has 1 amide bonds. The van der Waals surface area contributed by atoms with Crippen LogP contribution in [0.5, 0.6) is 0 Å². The van der Waals surface area contributed by atoms with Crippen LogP contribution in [0.2, 0.25) is 0 Å². The van der Waals surface area contributed by atoms with Crippen molar-refractivity contribution in [2.75, 3.05) is 25.5 Å². The number of methoxy groups -OCH3 is 1. The van der Waals surface area contributed by atoms with Crippen molar-refractivity contribution >= 4 is 28.2 Å². The van der Waals surface area contributed by atoms with Crippen LogP contribution in [-0.2, 0) is 29.4 Å². The summed E-state index contributed by atoms with van der Waals surface area (Å²) in [5.41, 5.74) is 2.93. The van der Waals surface area contributed by atoms with E-state index in [4.69, 9.17) is 4.74 Å². The first-order valence-corrected chi connectivity index (χ1v) is 11.3. The lowest BCUT2D eigenvalue weighted by Gasteiger charge is -2.21. The third kappa shape index (κ3) is 3.98. The van der Waals surface area contributed by atoms with E-state index in [0.29, 0.717) is 29.1 Å². The molecule has 0 aromatic carbocycles. The van der Waals surface area contributed by atoms with Gasteiger partial charge in [-0.3, -0.25) is 4.79 Å². The number of amides is 1. The predicted molar refractivity (Wildman–Crippen MR) is 114 cm³/mol. The minimum absolute atomic E-state index is 0.0297. The van der Waals surface area contributed by atoms with Crippen LogP contribution in [0.3, 0.4) is 0 Å². The van der Waals surface area contributed by atoms with E-state index < -0.39 is 0 Å². The predicted octanol–water partition coefficient (Wildman–Crippen LogP) is 2.36. The summed E-state index contributed by atoms with van der Waals surface area (Å²) in [5.74, 6) is 0.232. The Labute approximate surface area is 175 Å². The third-order valence-electron chi connectivity index (χ3n) is 6.37. The van der Waals surface area contributed by atoms with Crippen molar-refractivity contribution in [3.8, 4) is 0 Å². The van der Waals surface area contributed by atoms with Gasteiger partial charge in [-0.05, 0) is 42.9 Å². The first-order chi connectivity index (χ1) is 14.0. The molecule has 1 unspecified atom stereocenters. The number of esters is 1. The lowest BCUT2D eigenvalue weighted by atomic mass is 9.88. The number of rotatable bonds is 5. The van der Waals surface area contributed by atoms with Crippen molar-refractivity contribution in [1.29, 1.82) is 0 Å². The summed E-state index contributed by atoms with van der Waals surface area (Å²) < 4.78 is 7.18. The molecule has 156 valence electrons. The van der Waals surface area contributed by atoms with E-state index in [-0.39, 0.29) is 11.9 Å². The van der Waals surface area contributed by atoms with Crippen LogP contribution >= 0.6 is 11.3 Å². The van der Waals surface area contributed by atoms with Crippen molar-refractivity contribution in [2.24, 2.45) is 13.0 Å². The number of likely N-dealkylation sites (tertiary alicyclic amines) is 1. The lowest BCUT2D eigenvalue weighted by Crippen LogP contribution is -3.11. The zero-order chi connectivity index (χ0) is 20.5. The van der Waals surface area contributed by atoms with Crippen LogP contribution in [-0.4, -0.2) is 36.6 Å². The van der Waals surface area contributed by atoms with Crippen LogP contribution in [0.15, 0.2) is 18.3 Å². The average Bonchev–Trinajstić information content (AvgIpc) is 3.39. The SMILES string of the molecule is COC(=O)c1c(NC(=O)C[NH+]2CCC[C@@H]2c2cccn2C)sc2c1CC[C@@H](C)C2. The highest BCUT2D eigenvalue weighted by atomic mass is 32.1. The number of thiophene rings is 1. The Morgan fingerprint density at radius 2 is 2.21 bits per heavy atom. The monoisotopic (exact) mass is 416 g/mol. The largest absolute Gasteiger partial charge is 0.465 e. The Balaban J connectivity index is 1.51. The van der Waals surface area contributed by atoms with Crippen molar-refractivity contribution in [1.82, 2.24) is 4.57 Å². The van der Waals surface area contributed by atoms with E-state index in [9.17, 15) is 9.59 Å². The maximum Gasteiger partial charge on any atom is 0.341 e. The van der Waals surface area contributed by atoms with Crippen LogP contribution in [0.1, 0.15) is 58.7 Å². The van der Waals surface area contributed by atoms with Gasteiger partial charge in [0.05, 0.1) is 24.9 Å². The minimum Gasteiger partial charge on any atom is -0.465 e. The van der Waals surface area contributed by atoms with Gasteiger partial charge in [-0.25, -0.2) is 4.79 Å². The molecule has 3 heterocycles. The van der Waals surface area contributed by atoms with E-state index in [1.165, 1.54) is 22.6 Å². The second-order valence-corrected chi connectivity index (χ2v) is 9.52. The summed E-state index contributed by atoms with van der Waals surface area (Å²) in [7, 11) is 3.47. The molecule has 0 spiro atoms. The highest BCUT2D eigenvalue weighted by Gasteiger charge is 2.34. The third-order valence-corrected chi connectivity index (χ3v) is 7.54. The molecule has 2 aliphatic rings. The summed E-state index contributed by atoms with van der Waals surface area (Å²) >= 11 is 1.55. The van der Waals surface area contributed by atoms with Gasteiger partial charge in [-0.2, -0.15) is 0 Å². The number of aryl methyl sites for hydroxylation is 1. The molecule has 6 nitrogen and oxygen atoms in total. The molecule has 0 radical (unpaired) electrons. The summed E-state index contributed by atoms with van der Waals surface area (Å²) in [6, 6.07) is 4.56. The normalized spacial score (nSPS) is 23.6. The van der Waals surface area contributed by atoms with E-state index in [2.05, 4.69) is 42.2 Å². The maximum absolute atomic E-state index is 12.9. The summed E-state index contributed by atoms with van der Waals surface area (Å²) in [6.45, 7) is 3.64. The fourth-order valence-electron chi connectivity index (χ4n) is 4.85. The Morgan fingerprint density at radius 3 is 2.93 bits per heavy atom. The molecule has 2 N–H and O–H groups in total. The molecule has 1 fully saturated rings. The standard InChI is InChI=1S/C22H29N3O3S/c1-14-8-9-15-18(12-14)29-21(20(15)22(27)28-3)23-19(26)13-25-11-5-7-17(25)16-6-4-10-24(16)2/h4,6,10,14,17H,5,7-9,11-13H2,1-3H3,(H,23,26)/p+1/t14-,17-/m1/s1. The number of quaternary nitrogens is 1. The zero-order valence-electron chi connectivity index (χ0n) is 17.4. The van der Waals surface area contributed by atoms with Crippen molar-refractivity contribution in [2.45, 2.75) is 45.1 Å². The van der Waals surface area contributed by atoms with E-state index in [1.807, 2.05) is 0 Å². The molecule has 2 aromatic rings. The number of nitrogens with zero attached hydrogens (tertiary/aromatic N) is 1. The maximum atomic E-state index is 12.9. The number of nitrogens with one attached hydrogen (secondary N) is 2. The van der Waals surface area contributed by atoms with E-state index in [1.54, 1.807) is 11.3 Å². The first kappa shape index (κ1) is 20.2. The topological polar surface area (TPSA) is 64.8 Å². The Bertz CT molecular complexity index is 917. The van der Waals surface area contributed by atoms with Crippen LogP contribution in [0.4, 0.5) is 5.00 Å². The minimum atomic E-state index is -0.345. The number of carbonyl (C=O) groups excluding carboxylic acids is 2. The Hall–Kier alpha value is -2.12. The molecule has 1 aliphatic heterocycles. The first-order valence-electron chi connectivity index (χ1n) is 10.5. The Morgan fingerprint density at radius 1 is 1.38 bits per heavy atom. The van der Waals surface area contributed by atoms with Crippen molar-refractivity contribution in [3.63, 3.8) is 0 Å². The van der Waals surface area contributed by atoms with Gasteiger partial charge in [0.2, 0.25) is 0 Å². The molecular formula is C22H30N3O3S+. The number of fused-ring (bicyclic) bond motifs is 1. The van der Waals surface area contributed by atoms with E-state index in [0.717, 1.165) is 44.2 Å². The zero-order valence-corrected chi connectivity index (χ0v) is 18.2. The van der Waals surface area contributed by atoms with Gasteiger partial charge >= 0.3 is 5.97 Å². The molecule has 1 saturated heterocycles. The molecule has 2 aromatic heterocycles. The molecule has 7 heteroatoms. The highest BCUT2D eigenvalue weighted by Crippen LogP contribution is 2.40. The van der Waals surface area contributed by atoms with Gasteiger partial charge in [0, 0.05) is 31.0 Å². The molecule has 3 atom stereocenters. The summed E-state index contributed by atoms with van der Waals surface area (Å²) in [4.78, 5) is 27.9. The van der Waals surface area contributed by atoms with E-state index >= 15 is 0 Å². The number of hydrogen-bond acceptors (Lipinski definition) is 4. The average molecular weight is 417 g/mol. The van der Waals surface area contributed by atoms with Gasteiger partial charge in [-0.1, -0.05) is 6.92 Å². The van der Waals surface area contributed by atoms with Gasteiger partial charge in [0.1, 0.15) is 11.0 Å². The second-order valence-electron chi connectivity index (χ2n) is 8.42. The molecule has 0 saturated carbocycles. The lowest BCUT2D eigenvalue weighted by molar-refractivity contribution is -0.910. The van der Waals surface area contributed by atoms with Crippen LogP contribution in [0, 0.1) is 5.92 Å². The summed E-state index contributed by atoms with van der Waals surface area (Å²) in [5, 5.41) is 3.72. The van der Waals surface area contributed by atoms with Crippen molar-refractivity contribution in [3.05, 3.63) is 40.0 Å². The number of anilines is 1. The second kappa shape index (κ2) is 8.32. The number of hydrogen-bond donors (Lipinski definition) is 2. The Kier molecular flexibility index (Phi) is 5.79. The van der Waals surface area contributed by atoms with Crippen LogP contribution < -0.4 is 10.2 Å². The molecule has 29 heavy (non-hydrogen) atoms. The fraction of sp³-hybridized carbons (Fsp3) is 0.545. The van der Waals surface area contributed by atoms with Crippen molar-refractivity contribution < 1.29 is 19.2 Å². The van der Waals surface area contributed by atoms with Crippen LogP contribution in [0.25, 0.3) is 0 Å². The number of aromatic nitrogens is 1. The number of carbonyl (C=O) groups is 2. The van der Waals surface area contributed by atoms with Gasteiger partial charge in [0.25, 0.3) is 5.91 Å². The quantitative estimate of drug-likeness (QED) is 0.736. The van der Waals surface area contributed by atoms with Gasteiger partial charge < -0.3 is 19.5 Å². The molecular weight excluding hydrogens is 386 g/mol. The highest BCUT2D eigenvalue weighted by molar-refractivity contribution is 7.17. The number of ether oxygens (including phenoxy) is 1. The fourth-order valence-corrected chi connectivity index (χ4v) is 6.27. The summed E-state index contributed by atoms with van der Waals surface area (Å²) in [6.07, 6.45) is 7.19. The molecule has 1 aliphatic carbocycles. The smallest absolute Gasteiger partial charge is 0.341 e. The molecule has 0 bridgehead atoms. The van der Waals surface area contributed by atoms with Gasteiger partial charge in [0.15, 0.2) is 6.54 Å². The molecule has 4 rings (SSSR count).